The molecule has 19 heavy (non-hydrogen) atoms. The number of hydrogen-bond donors (Lipinski definition) is 0. The van der Waals surface area contributed by atoms with E-state index in [1.54, 1.807) is 11.3 Å². The third kappa shape index (κ3) is 4.20. The number of halogens is 2. The number of hydrogen-bond acceptors (Lipinski definition) is 2. The fraction of sp³-hybridized carbons (Fsp3) is 0.643. The number of likely N-dealkylation sites (tertiary alicyclic amines) is 1. The lowest BCUT2D eigenvalue weighted by molar-refractivity contribution is 0.0674. The summed E-state index contributed by atoms with van der Waals surface area (Å²) in [5.41, 5.74) is 0.797. The SMILES string of the molecule is CC(Cl)CC1CCCCCN1C(=O)c1csc(Br)c1. The number of alkyl halides is 1. The molecule has 0 aromatic carbocycles. The maximum Gasteiger partial charge on any atom is 0.254 e. The second-order valence-electron chi connectivity index (χ2n) is 5.16. The van der Waals surface area contributed by atoms with Crippen molar-refractivity contribution < 1.29 is 4.79 Å². The van der Waals surface area contributed by atoms with Crippen LogP contribution in [0.15, 0.2) is 15.2 Å². The summed E-state index contributed by atoms with van der Waals surface area (Å²) in [6.07, 6.45) is 5.48. The number of carbonyl (C=O) groups excluding carboxylic acids is 1. The van der Waals surface area contributed by atoms with E-state index in [0.29, 0.717) is 6.04 Å². The van der Waals surface area contributed by atoms with E-state index in [4.69, 9.17) is 11.6 Å². The van der Waals surface area contributed by atoms with Gasteiger partial charge in [-0.15, -0.1) is 22.9 Å². The zero-order valence-electron chi connectivity index (χ0n) is 11.1. The first-order valence-electron chi connectivity index (χ1n) is 6.77. The lowest BCUT2D eigenvalue weighted by Gasteiger charge is -2.30. The summed E-state index contributed by atoms with van der Waals surface area (Å²) in [5, 5.41) is 2.05. The number of nitrogens with zero attached hydrogens (tertiary/aromatic N) is 1. The Morgan fingerprint density at radius 3 is 3.00 bits per heavy atom. The molecule has 1 aliphatic rings. The van der Waals surface area contributed by atoms with Crippen LogP contribution < -0.4 is 0 Å². The van der Waals surface area contributed by atoms with Crippen molar-refractivity contribution in [3.8, 4) is 0 Å². The molecule has 0 bridgehead atoms. The standard InChI is InChI=1S/C14H19BrClNOS/c1-10(16)7-12-5-3-2-4-6-17(12)14(18)11-8-13(15)19-9-11/h8-10,12H,2-7H2,1H3. The molecular weight excluding hydrogens is 346 g/mol. The van der Waals surface area contributed by atoms with Gasteiger partial charge in [-0.05, 0) is 48.2 Å². The number of amides is 1. The molecule has 1 aliphatic heterocycles. The Labute approximate surface area is 132 Å². The largest absolute Gasteiger partial charge is 0.336 e. The Bertz CT molecular complexity index is 435. The molecule has 0 saturated carbocycles. The van der Waals surface area contributed by atoms with Gasteiger partial charge in [0.15, 0.2) is 0 Å². The van der Waals surface area contributed by atoms with Crippen LogP contribution in [0, 0.1) is 0 Å². The number of carbonyl (C=O) groups is 1. The van der Waals surface area contributed by atoms with E-state index in [-0.39, 0.29) is 11.3 Å². The minimum Gasteiger partial charge on any atom is -0.336 e. The average molecular weight is 365 g/mol. The van der Waals surface area contributed by atoms with Gasteiger partial charge in [-0.1, -0.05) is 12.8 Å². The van der Waals surface area contributed by atoms with Crippen molar-refractivity contribution >= 4 is 44.8 Å². The highest BCUT2D eigenvalue weighted by Crippen LogP contribution is 2.27. The molecule has 2 nitrogen and oxygen atoms in total. The molecule has 1 amide bonds. The lowest BCUT2D eigenvalue weighted by Crippen LogP contribution is -2.40. The second-order valence-corrected chi connectivity index (χ2v) is 8.19. The van der Waals surface area contributed by atoms with Crippen molar-refractivity contribution in [1.82, 2.24) is 4.90 Å². The molecule has 0 radical (unpaired) electrons. The molecule has 2 atom stereocenters. The third-order valence-corrected chi connectivity index (χ3v) is 5.23. The number of rotatable bonds is 3. The molecule has 1 saturated heterocycles. The van der Waals surface area contributed by atoms with Gasteiger partial charge >= 0.3 is 0 Å². The molecule has 0 N–H and O–H groups in total. The topological polar surface area (TPSA) is 20.3 Å². The molecule has 0 aliphatic carbocycles. The summed E-state index contributed by atoms with van der Waals surface area (Å²) < 4.78 is 1.01. The van der Waals surface area contributed by atoms with Gasteiger partial charge in [0.05, 0.1) is 9.35 Å². The van der Waals surface area contributed by atoms with Crippen LogP contribution in [0.2, 0.25) is 0 Å². The first-order valence-corrected chi connectivity index (χ1v) is 8.88. The van der Waals surface area contributed by atoms with Crippen LogP contribution in [0.3, 0.4) is 0 Å². The van der Waals surface area contributed by atoms with Crippen molar-refractivity contribution in [2.75, 3.05) is 6.54 Å². The average Bonchev–Trinajstić information content (AvgIpc) is 2.65. The van der Waals surface area contributed by atoms with E-state index in [2.05, 4.69) is 15.9 Å². The lowest BCUT2D eigenvalue weighted by atomic mass is 10.0. The summed E-state index contributed by atoms with van der Waals surface area (Å²) in [6.45, 7) is 2.87. The molecule has 2 rings (SSSR count). The van der Waals surface area contributed by atoms with E-state index in [9.17, 15) is 4.79 Å². The molecule has 2 heterocycles. The molecule has 0 spiro atoms. The van der Waals surface area contributed by atoms with Gasteiger partial charge in [0, 0.05) is 23.3 Å². The maximum atomic E-state index is 12.6. The monoisotopic (exact) mass is 363 g/mol. The predicted octanol–water partition coefficient (Wildman–Crippen LogP) is 4.91. The van der Waals surface area contributed by atoms with E-state index >= 15 is 0 Å². The van der Waals surface area contributed by atoms with Gasteiger partial charge in [0.1, 0.15) is 0 Å². The smallest absolute Gasteiger partial charge is 0.254 e. The highest BCUT2D eigenvalue weighted by molar-refractivity contribution is 9.11. The van der Waals surface area contributed by atoms with Crippen LogP contribution in [-0.4, -0.2) is 28.8 Å². The van der Waals surface area contributed by atoms with Gasteiger partial charge < -0.3 is 4.90 Å². The third-order valence-electron chi connectivity index (χ3n) is 3.55. The zero-order valence-corrected chi connectivity index (χ0v) is 14.2. The van der Waals surface area contributed by atoms with E-state index in [1.807, 2.05) is 23.3 Å². The molecule has 1 fully saturated rings. The summed E-state index contributed by atoms with van der Waals surface area (Å²) in [4.78, 5) is 14.7. The van der Waals surface area contributed by atoms with Crippen molar-refractivity contribution in [2.24, 2.45) is 0 Å². The minimum absolute atomic E-state index is 0.118. The Morgan fingerprint density at radius 1 is 1.58 bits per heavy atom. The zero-order chi connectivity index (χ0) is 13.8. The van der Waals surface area contributed by atoms with Crippen molar-refractivity contribution in [3.05, 3.63) is 20.8 Å². The Morgan fingerprint density at radius 2 is 2.37 bits per heavy atom. The molecule has 106 valence electrons. The normalized spacial score (nSPS) is 22.1. The molecular formula is C14H19BrClNOS. The molecule has 1 aromatic rings. The summed E-state index contributed by atoms with van der Waals surface area (Å²) >= 11 is 11.1. The van der Waals surface area contributed by atoms with Crippen molar-refractivity contribution in [3.63, 3.8) is 0 Å². The predicted molar refractivity (Wildman–Crippen MR) is 85.2 cm³/mol. The van der Waals surface area contributed by atoms with Gasteiger partial charge in [0.25, 0.3) is 5.91 Å². The summed E-state index contributed by atoms with van der Waals surface area (Å²) in [5.74, 6) is 0.158. The van der Waals surface area contributed by atoms with Crippen LogP contribution in [0.1, 0.15) is 49.4 Å². The summed E-state index contributed by atoms with van der Waals surface area (Å²) in [7, 11) is 0. The van der Waals surface area contributed by atoms with Gasteiger partial charge in [-0.2, -0.15) is 0 Å². The fourth-order valence-corrected chi connectivity index (χ4v) is 3.99. The van der Waals surface area contributed by atoms with E-state index in [1.165, 1.54) is 12.8 Å². The highest BCUT2D eigenvalue weighted by Gasteiger charge is 2.27. The maximum absolute atomic E-state index is 12.6. The fourth-order valence-electron chi connectivity index (χ4n) is 2.65. The first-order chi connectivity index (χ1) is 9.08. The van der Waals surface area contributed by atoms with Crippen molar-refractivity contribution in [1.29, 1.82) is 0 Å². The van der Waals surface area contributed by atoms with Gasteiger partial charge in [-0.25, -0.2) is 0 Å². The van der Waals surface area contributed by atoms with Crippen LogP contribution in [0.5, 0.6) is 0 Å². The van der Waals surface area contributed by atoms with Gasteiger partial charge in [0.2, 0.25) is 0 Å². The summed E-state index contributed by atoms with van der Waals surface area (Å²) in [6, 6.07) is 2.21. The number of thiophene rings is 1. The quantitative estimate of drug-likeness (QED) is 0.698. The van der Waals surface area contributed by atoms with E-state index in [0.717, 1.165) is 35.2 Å². The van der Waals surface area contributed by atoms with Crippen LogP contribution in [0.25, 0.3) is 0 Å². The first kappa shape index (κ1) is 15.3. The second kappa shape index (κ2) is 7.09. The van der Waals surface area contributed by atoms with E-state index < -0.39 is 0 Å². The van der Waals surface area contributed by atoms with Crippen molar-refractivity contribution in [2.45, 2.75) is 50.4 Å². The van der Waals surface area contributed by atoms with Gasteiger partial charge in [-0.3, -0.25) is 4.79 Å². The molecule has 2 unspecified atom stereocenters. The Hall–Kier alpha value is -0.0600. The molecule has 1 aromatic heterocycles. The molecule has 5 heteroatoms. The highest BCUT2D eigenvalue weighted by atomic mass is 79.9. The van der Waals surface area contributed by atoms with Crippen LogP contribution >= 0.6 is 38.9 Å². The Kier molecular flexibility index (Phi) is 5.72. The Balaban J connectivity index is 2.14. The van der Waals surface area contributed by atoms with Crippen LogP contribution in [-0.2, 0) is 0 Å². The minimum atomic E-state index is 0.118. The van der Waals surface area contributed by atoms with Crippen LogP contribution in [0.4, 0.5) is 0 Å².